The number of hydrogen-bond donors (Lipinski definition) is 2. The van der Waals surface area contributed by atoms with Crippen LogP contribution in [0.2, 0.25) is 0 Å². The molecule has 2 atom stereocenters. The highest BCUT2D eigenvalue weighted by Crippen LogP contribution is 2.19. The molecule has 0 radical (unpaired) electrons. The van der Waals surface area contributed by atoms with Crippen LogP contribution in [-0.4, -0.2) is 72.6 Å². The SMILES string of the molecule is CCCCCCCCC(C)OC(O)OCCCCCCN(CCO)CCCCCCCC(=O)OC(CCCCCCCC)CCCCCCCC. The van der Waals surface area contributed by atoms with Gasteiger partial charge in [0.15, 0.2) is 0 Å². The Morgan fingerprint density at radius 3 is 1.49 bits per heavy atom. The van der Waals surface area contributed by atoms with E-state index in [1.165, 1.54) is 109 Å². The first-order valence-corrected chi connectivity index (χ1v) is 22.4. The molecule has 0 fully saturated rings. The lowest BCUT2D eigenvalue weighted by Crippen LogP contribution is -2.29. The van der Waals surface area contributed by atoms with Gasteiger partial charge >= 0.3 is 5.97 Å². The van der Waals surface area contributed by atoms with E-state index in [0.29, 0.717) is 13.0 Å². The summed E-state index contributed by atoms with van der Waals surface area (Å²) >= 11 is 0. The lowest BCUT2D eigenvalue weighted by atomic mass is 10.0. The van der Waals surface area contributed by atoms with Crippen LogP contribution in [0.5, 0.6) is 0 Å². The maximum absolute atomic E-state index is 12.7. The number of esters is 1. The normalized spacial score (nSPS) is 13.0. The van der Waals surface area contributed by atoms with Gasteiger partial charge in [-0.3, -0.25) is 4.79 Å². The minimum Gasteiger partial charge on any atom is -0.462 e. The third-order valence-electron chi connectivity index (χ3n) is 10.3. The van der Waals surface area contributed by atoms with E-state index in [0.717, 1.165) is 103 Å². The van der Waals surface area contributed by atoms with Gasteiger partial charge < -0.3 is 29.3 Å². The van der Waals surface area contributed by atoms with Crippen LogP contribution in [0, 0.1) is 0 Å². The molecule has 0 heterocycles. The van der Waals surface area contributed by atoms with Gasteiger partial charge in [0.2, 0.25) is 0 Å². The summed E-state index contributed by atoms with van der Waals surface area (Å²) in [6.45, 7) is 11.1. The third-order valence-corrected chi connectivity index (χ3v) is 10.3. The summed E-state index contributed by atoms with van der Waals surface area (Å²) in [6, 6.07) is 0. The van der Waals surface area contributed by atoms with Crippen LogP contribution >= 0.6 is 0 Å². The predicted octanol–water partition coefficient (Wildman–Crippen LogP) is 12.0. The molecule has 2 unspecified atom stereocenters. The van der Waals surface area contributed by atoms with Crippen LogP contribution in [0.3, 0.4) is 0 Å². The number of unbranched alkanes of at least 4 members (excludes halogenated alkanes) is 22. The Kier molecular flexibility index (Phi) is 39.9. The smallest absolute Gasteiger partial charge is 0.306 e. The van der Waals surface area contributed by atoms with Crippen LogP contribution in [0.15, 0.2) is 0 Å². The molecule has 0 aliphatic rings. The highest BCUT2D eigenvalue weighted by atomic mass is 16.8. The quantitative estimate of drug-likeness (QED) is 0.0367. The number of carbonyl (C=O) groups is 1. The zero-order valence-electron chi connectivity index (χ0n) is 34.7. The van der Waals surface area contributed by atoms with Gasteiger partial charge in [-0.2, -0.15) is 0 Å². The van der Waals surface area contributed by atoms with Crippen LogP contribution < -0.4 is 0 Å². The van der Waals surface area contributed by atoms with Gasteiger partial charge in [0.25, 0.3) is 6.48 Å². The molecule has 7 heteroatoms. The molecule has 306 valence electrons. The largest absolute Gasteiger partial charge is 0.462 e. The predicted molar refractivity (Wildman–Crippen MR) is 216 cm³/mol. The maximum atomic E-state index is 12.7. The van der Waals surface area contributed by atoms with Gasteiger partial charge in [-0.15, -0.1) is 0 Å². The molecule has 0 saturated carbocycles. The molecule has 51 heavy (non-hydrogen) atoms. The van der Waals surface area contributed by atoms with Gasteiger partial charge in [0.05, 0.1) is 19.3 Å². The fourth-order valence-electron chi connectivity index (χ4n) is 6.92. The van der Waals surface area contributed by atoms with Gasteiger partial charge in [-0.05, 0) is 77.8 Å². The van der Waals surface area contributed by atoms with Gasteiger partial charge in [0, 0.05) is 13.0 Å². The number of aliphatic hydroxyl groups is 2. The molecular formula is C44H89NO6. The Labute approximate surface area is 317 Å². The second kappa shape index (κ2) is 40.5. The van der Waals surface area contributed by atoms with Gasteiger partial charge in [-0.1, -0.05) is 156 Å². The molecule has 0 aliphatic heterocycles. The number of aliphatic hydroxyl groups excluding tert-OH is 2. The fraction of sp³-hybridized carbons (Fsp3) is 0.977. The number of carbonyl (C=O) groups excluding carboxylic acids is 1. The molecule has 7 nitrogen and oxygen atoms in total. The standard InChI is InChI=1S/C44H89NO6/c1-5-8-11-14-18-25-32-41(4)50-44(48)49-40-31-24-23-30-37-45(38-39-46)36-29-22-17-21-28-35-43(47)51-42(33-26-19-15-12-9-6-2)34-27-20-16-13-10-7-3/h41-42,44,46,48H,5-40H2,1-4H3. The van der Waals surface area contributed by atoms with Crippen molar-refractivity contribution in [1.82, 2.24) is 4.90 Å². The van der Waals surface area contributed by atoms with Crippen molar-refractivity contribution in [3.8, 4) is 0 Å². The second-order valence-electron chi connectivity index (χ2n) is 15.4. The van der Waals surface area contributed by atoms with Crippen molar-refractivity contribution in [3.05, 3.63) is 0 Å². The minimum atomic E-state index is -1.12. The van der Waals surface area contributed by atoms with Crippen molar-refractivity contribution < 1.29 is 29.2 Å². The molecule has 0 saturated heterocycles. The number of rotatable bonds is 42. The number of ether oxygens (including phenoxy) is 3. The first-order chi connectivity index (χ1) is 25.0. The number of hydrogen-bond acceptors (Lipinski definition) is 7. The zero-order chi connectivity index (χ0) is 37.5. The molecule has 0 aromatic rings. The van der Waals surface area contributed by atoms with E-state index in [1.807, 2.05) is 6.92 Å². The summed E-state index contributed by atoms with van der Waals surface area (Å²) in [6.07, 6.45) is 36.3. The van der Waals surface area contributed by atoms with Gasteiger partial charge in [-0.25, -0.2) is 0 Å². The van der Waals surface area contributed by atoms with E-state index in [9.17, 15) is 15.0 Å². The summed E-state index contributed by atoms with van der Waals surface area (Å²) in [5, 5.41) is 19.6. The van der Waals surface area contributed by atoms with Crippen LogP contribution in [0.1, 0.15) is 227 Å². The first kappa shape index (κ1) is 50.3. The zero-order valence-corrected chi connectivity index (χ0v) is 34.7. The van der Waals surface area contributed by atoms with E-state index in [1.54, 1.807) is 0 Å². The summed E-state index contributed by atoms with van der Waals surface area (Å²) in [4.78, 5) is 15.1. The topological polar surface area (TPSA) is 88.5 Å². The highest BCUT2D eigenvalue weighted by Gasteiger charge is 2.15. The number of nitrogens with zero attached hydrogens (tertiary/aromatic N) is 1. The average Bonchev–Trinajstić information content (AvgIpc) is 3.11. The Morgan fingerprint density at radius 2 is 0.980 bits per heavy atom. The highest BCUT2D eigenvalue weighted by molar-refractivity contribution is 5.69. The lowest BCUT2D eigenvalue weighted by Gasteiger charge is -2.21. The molecule has 0 aromatic heterocycles. The van der Waals surface area contributed by atoms with Crippen LogP contribution in [0.4, 0.5) is 0 Å². The van der Waals surface area contributed by atoms with Crippen LogP contribution in [0.25, 0.3) is 0 Å². The van der Waals surface area contributed by atoms with Crippen molar-refractivity contribution in [2.24, 2.45) is 0 Å². The molecule has 0 amide bonds. The van der Waals surface area contributed by atoms with Crippen molar-refractivity contribution in [2.75, 3.05) is 32.8 Å². The molecule has 2 N–H and O–H groups in total. The summed E-state index contributed by atoms with van der Waals surface area (Å²) < 4.78 is 17.1. The van der Waals surface area contributed by atoms with E-state index >= 15 is 0 Å². The second-order valence-corrected chi connectivity index (χ2v) is 15.4. The Bertz CT molecular complexity index is 679. The summed E-state index contributed by atoms with van der Waals surface area (Å²) in [5.74, 6) is 0.00978. The maximum Gasteiger partial charge on any atom is 0.306 e. The van der Waals surface area contributed by atoms with Crippen molar-refractivity contribution in [1.29, 1.82) is 0 Å². The lowest BCUT2D eigenvalue weighted by molar-refractivity contribution is -0.280. The van der Waals surface area contributed by atoms with E-state index in [-0.39, 0.29) is 24.8 Å². The fourth-order valence-corrected chi connectivity index (χ4v) is 6.92. The van der Waals surface area contributed by atoms with E-state index in [4.69, 9.17) is 14.2 Å². The molecule has 0 spiro atoms. The van der Waals surface area contributed by atoms with Crippen molar-refractivity contribution in [3.63, 3.8) is 0 Å². The average molecular weight is 728 g/mol. The minimum absolute atomic E-state index is 0.00978. The first-order valence-electron chi connectivity index (χ1n) is 22.4. The summed E-state index contributed by atoms with van der Waals surface area (Å²) in [5.41, 5.74) is 0. The molecular weight excluding hydrogens is 638 g/mol. The Morgan fingerprint density at radius 1 is 0.549 bits per heavy atom. The molecule has 0 rings (SSSR count). The van der Waals surface area contributed by atoms with E-state index < -0.39 is 6.48 Å². The molecule has 0 bridgehead atoms. The summed E-state index contributed by atoms with van der Waals surface area (Å²) in [7, 11) is 0. The van der Waals surface area contributed by atoms with Crippen LogP contribution in [-0.2, 0) is 19.0 Å². The molecule has 0 aromatic carbocycles. The third kappa shape index (κ3) is 37.4. The van der Waals surface area contributed by atoms with Crippen molar-refractivity contribution >= 4 is 5.97 Å². The Balaban J connectivity index is 3.99. The molecule has 0 aliphatic carbocycles. The monoisotopic (exact) mass is 728 g/mol. The van der Waals surface area contributed by atoms with Gasteiger partial charge in [0.1, 0.15) is 6.10 Å². The van der Waals surface area contributed by atoms with Crippen molar-refractivity contribution in [2.45, 2.75) is 245 Å². The van der Waals surface area contributed by atoms with E-state index in [2.05, 4.69) is 25.7 Å². The Hall–Kier alpha value is -0.730.